The van der Waals surface area contributed by atoms with Gasteiger partial charge in [0.25, 0.3) is 0 Å². The van der Waals surface area contributed by atoms with E-state index in [4.69, 9.17) is 5.73 Å². The zero-order valence-corrected chi connectivity index (χ0v) is 9.17. The normalized spacial score (nSPS) is 10.6. The topological polar surface area (TPSA) is 50.9 Å². The molecule has 0 amide bonds. The van der Waals surface area contributed by atoms with E-state index in [0.717, 1.165) is 36.0 Å². The minimum absolute atomic E-state index is 0.719. The minimum Gasteiger partial charge on any atom is -0.397 e. The fourth-order valence-corrected chi connectivity index (χ4v) is 1.26. The first kappa shape index (κ1) is 10.8. The van der Waals surface area contributed by atoms with Crippen LogP contribution in [0.3, 0.4) is 0 Å². The predicted molar refractivity (Wildman–Crippen MR) is 61.3 cm³/mol. The van der Waals surface area contributed by atoms with Crippen molar-refractivity contribution in [3.05, 3.63) is 17.8 Å². The van der Waals surface area contributed by atoms with Crippen LogP contribution in [-0.2, 0) is 0 Å². The lowest BCUT2D eigenvalue weighted by Gasteiger charge is -2.10. The Morgan fingerprint density at radius 3 is 2.79 bits per heavy atom. The summed E-state index contributed by atoms with van der Waals surface area (Å²) in [5, 5.41) is 3.30. The molecule has 0 radical (unpaired) electrons. The summed E-state index contributed by atoms with van der Waals surface area (Å²) in [6.07, 6.45) is 2.84. The van der Waals surface area contributed by atoms with E-state index < -0.39 is 0 Å². The Labute approximate surface area is 85.7 Å². The third kappa shape index (κ3) is 3.24. The molecule has 0 spiro atoms. The highest BCUT2D eigenvalue weighted by atomic mass is 15.0. The predicted octanol–water partition coefficient (Wildman–Crippen LogP) is 2.43. The highest BCUT2D eigenvalue weighted by Crippen LogP contribution is 2.14. The van der Waals surface area contributed by atoms with Gasteiger partial charge in [0, 0.05) is 6.54 Å². The number of nitrogens with two attached hydrogens (primary N) is 1. The van der Waals surface area contributed by atoms with Crippen LogP contribution in [0.25, 0.3) is 0 Å². The lowest BCUT2D eigenvalue weighted by atomic mass is 10.1. The summed E-state index contributed by atoms with van der Waals surface area (Å²) in [6.45, 7) is 7.41. The fourth-order valence-electron chi connectivity index (χ4n) is 1.26. The van der Waals surface area contributed by atoms with Gasteiger partial charge < -0.3 is 11.1 Å². The molecule has 0 saturated heterocycles. The summed E-state index contributed by atoms with van der Waals surface area (Å²) in [5.74, 6) is 1.66. The third-order valence-corrected chi connectivity index (χ3v) is 2.11. The van der Waals surface area contributed by atoms with Crippen LogP contribution in [0, 0.1) is 12.8 Å². The number of anilines is 2. The second-order valence-electron chi connectivity index (χ2n) is 4.04. The first-order valence-corrected chi connectivity index (χ1v) is 5.05. The van der Waals surface area contributed by atoms with Gasteiger partial charge in [-0.25, -0.2) is 4.98 Å². The number of nitrogens with zero attached hydrogens (tertiary/aromatic N) is 1. The van der Waals surface area contributed by atoms with Crippen LogP contribution >= 0.6 is 0 Å². The van der Waals surface area contributed by atoms with Crippen molar-refractivity contribution in [3.63, 3.8) is 0 Å². The maximum atomic E-state index is 5.61. The second kappa shape index (κ2) is 4.84. The average molecular weight is 193 g/mol. The molecular formula is C11H19N3. The van der Waals surface area contributed by atoms with Crippen molar-refractivity contribution >= 4 is 11.5 Å². The van der Waals surface area contributed by atoms with Gasteiger partial charge in [-0.15, -0.1) is 0 Å². The first-order chi connectivity index (χ1) is 6.59. The number of hydrogen-bond acceptors (Lipinski definition) is 3. The van der Waals surface area contributed by atoms with E-state index in [0.29, 0.717) is 0 Å². The molecule has 0 unspecified atom stereocenters. The number of aromatic nitrogens is 1. The number of aryl methyl sites for hydroxylation is 1. The van der Waals surface area contributed by atoms with Gasteiger partial charge in [-0.2, -0.15) is 0 Å². The molecule has 0 aromatic carbocycles. The number of nitrogens with one attached hydrogen (secondary N) is 1. The van der Waals surface area contributed by atoms with Crippen LogP contribution in [-0.4, -0.2) is 11.5 Å². The highest BCUT2D eigenvalue weighted by molar-refractivity contribution is 5.50. The lowest BCUT2D eigenvalue weighted by molar-refractivity contribution is 0.606. The fraction of sp³-hybridized carbons (Fsp3) is 0.545. The second-order valence-corrected chi connectivity index (χ2v) is 4.04. The quantitative estimate of drug-likeness (QED) is 0.772. The molecule has 1 aromatic rings. The zero-order valence-electron chi connectivity index (χ0n) is 9.17. The smallest absolute Gasteiger partial charge is 0.128 e. The molecule has 3 heteroatoms. The van der Waals surface area contributed by atoms with Gasteiger partial charge in [0.05, 0.1) is 11.9 Å². The zero-order chi connectivity index (χ0) is 10.6. The number of nitrogen functional groups attached to an aromatic ring is 1. The van der Waals surface area contributed by atoms with Gasteiger partial charge in [0.2, 0.25) is 0 Å². The van der Waals surface area contributed by atoms with Crippen LogP contribution in [0.15, 0.2) is 12.3 Å². The number of rotatable bonds is 4. The summed E-state index contributed by atoms with van der Waals surface area (Å²) in [6, 6.07) is 1.94. The lowest BCUT2D eigenvalue weighted by Crippen LogP contribution is -2.07. The van der Waals surface area contributed by atoms with E-state index in [1.807, 2.05) is 13.0 Å². The number of pyridine rings is 1. The van der Waals surface area contributed by atoms with Crippen molar-refractivity contribution < 1.29 is 0 Å². The van der Waals surface area contributed by atoms with Gasteiger partial charge in [0.1, 0.15) is 5.82 Å². The molecule has 0 aliphatic carbocycles. The van der Waals surface area contributed by atoms with Gasteiger partial charge in [-0.3, -0.25) is 0 Å². The molecule has 0 fully saturated rings. The molecule has 78 valence electrons. The van der Waals surface area contributed by atoms with Crippen LogP contribution in [0.2, 0.25) is 0 Å². The van der Waals surface area contributed by atoms with Gasteiger partial charge in [-0.05, 0) is 30.9 Å². The highest BCUT2D eigenvalue weighted by Gasteiger charge is 2.00. The van der Waals surface area contributed by atoms with Crippen LogP contribution in [0.4, 0.5) is 11.5 Å². The molecule has 0 aliphatic rings. The summed E-state index contributed by atoms with van der Waals surface area (Å²) in [4.78, 5) is 4.24. The van der Waals surface area contributed by atoms with Crippen molar-refractivity contribution in [3.8, 4) is 0 Å². The Morgan fingerprint density at radius 1 is 1.50 bits per heavy atom. The molecule has 1 heterocycles. The van der Waals surface area contributed by atoms with E-state index >= 15 is 0 Å². The SMILES string of the molecule is Cc1cc(N)cnc1NCCC(C)C. The van der Waals surface area contributed by atoms with Crippen LogP contribution in [0.1, 0.15) is 25.8 Å². The van der Waals surface area contributed by atoms with Gasteiger partial charge >= 0.3 is 0 Å². The molecule has 1 rings (SSSR count). The molecule has 3 nitrogen and oxygen atoms in total. The monoisotopic (exact) mass is 193 g/mol. The van der Waals surface area contributed by atoms with Gasteiger partial charge in [-0.1, -0.05) is 13.8 Å². The molecule has 3 N–H and O–H groups in total. The molecule has 0 aliphatic heterocycles. The van der Waals surface area contributed by atoms with E-state index in [1.165, 1.54) is 0 Å². The average Bonchev–Trinajstić information content (AvgIpc) is 2.08. The van der Waals surface area contributed by atoms with Crippen molar-refractivity contribution in [2.75, 3.05) is 17.6 Å². The Kier molecular flexibility index (Phi) is 3.74. The molecular weight excluding hydrogens is 174 g/mol. The van der Waals surface area contributed by atoms with E-state index in [9.17, 15) is 0 Å². The van der Waals surface area contributed by atoms with Crippen LogP contribution < -0.4 is 11.1 Å². The van der Waals surface area contributed by atoms with E-state index in [-0.39, 0.29) is 0 Å². The molecule has 0 atom stereocenters. The Hall–Kier alpha value is -1.25. The van der Waals surface area contributed by atoms with E-state index in [2.05, 4.69) is 24.1 Å². The van der Waals surface area contributed by atoms with Crippen LogP contribution in [0.5, 0.6) is 0 Å². The van der Waals surface area contributed by atoms with E-state index in [1.54, 1.807) is 6.20 Å². The third-order valence-electron chi connectivity index (χ3n) is 2.11. The Morgan fingerprint density at radius 2 is 2.21 bits per heavy atom. The summed E-state index contributed by atoms with van der Waals surface area (Å²) in [7, 11) is 0. The maximum Gasteiger partial charge on any atom is 0.128 e. The van der Waals surface area contributed by atoms with Crippen molar-refractivity contribution in [2.24, 2.45) is 5.92 Å². The largest absolute Gasteiger partial charge is 0.397 e. The van der Waals surface area contributed by atoms with Crippen molar-refractivity contribution in [1.29, 1.82) is 0 Å². The Bertz CT molecular complexity index is 295. The minimum atomic E-state index is 0.719. The maximum absolute atomic E-state index is 5.61. The molecule has 0 bridgehead atoms. The molecule has 14 heavy (non-hydrogen) atoms. The Balaban J connectivity index is 2.51. The molecule has 1 aromatic heterocycles. The molecule has 0 saturated carbocycles. The standard InChI is InChI=1S/C11H19N3/c1-8(2)4-5-13-11-9(3)6-10(12)7-14-11/h6-8H,4-5,12H2,1-3H3,(H,13,14). The van der Waals surface area contributed by atoms with Gasteiger partial charge in [0.15, 0.2) is 0 Å². The first-order valence-electron chi connectivity index (χ1n) is 5.05. The van der Waals surface area contributed by atoms with Crippen molar-refractivity contribution in [2.45, 2.75) is 27.2 Å². The summed E-state index contributed by atoms with van der Waals surface area (Å²) < 4.78 is 0. The number of hydrogen-bond donors (Lipinski definition) is 2. The summed E-state index contributed by atoms with van der Waals surface area (Å²) >= 11 is 0. The summed E-state index contributed by atoms with van der Waals surface area (Å²) in [5.41, 5.74) is 7.44. The van der Waals surface area contributed by atoms with Crippen molar-refractivity contribution in [1.82, 2.24) is 4.98 Å².